The fourth-order valence-electron chi connectivity index (χ4n) is 2.87. The van der Waals surface area contributed by atoms with Gasteiger partial charge in [0.15, 0.2) is 0 Å². The first-order chi connectivity index (χ1) is 12.2. The number of hydrogen-bond donors (Lipinski definition) is 3. The van der Waals surface area contributed by atoms with Crippen LogP contribution in [0.5, 0.6) is 0 Å². The Morgan fingerprint density at radius 1 is 1.19 bits per heavy atom. The van der Waals surface area contributed by atoms with Crippen LogP contribution in [-0.2, 0) is 20.8 Å². The summed E-state index contributed by atoms with van der Waals surface area (Å²) in [4.78, 5) is 38.7. The van der Waals surface area contributed by atoms with Crippen molar-refractivity contribution in [2.75, 3.05) is 13.6 Å². The van der Waals surface area contributed by atoms with E-state index in [1.165, 1.54) is 6.92 Å². The van der Waals surface area contributed by atoms with Crippen molar-refractivity contribution in [3.05, 3.63) is 35.4 Å². The quantitative estimate of drug-likeness (QED) is 0.706. The average molecular weight is 361 g/mol. The van der Waals surface area contributed by atoms with Gasteiger partial charge in [0, 0.05) is 13.6 Å². The van der Waals surface area contributed by atoms with Crippen molar-refractivity contribution >= 4 is 17.7 Å². The Bertz CT molecular complexity index is 689. The van der Waals surface area contributed by atoms with Crippen molar-refractivity contribution in [1.29, 1.82) is 0 Å². The van der Waals surface area contributed by atoms with E-state index in [1.54, 1.807) is 25.8 Å². The maximum absolute atomic E-state index is 12.7. The molecule has 1 heterocycles. The molecule has 7 heteroatoms. The molecule has 1 unspecified atom stereocenters. The summed E-state index contributed by atoms with van der Waals surface area (Å²) >= 11 is 0. The number of fused-ring (bicyclic) bond motifs is 1. The van der Waals surface area contributed by atoms with Crippen LogP contribution in [0.4, 0.5) is 0 Å². The summed E-state index contributed by atoms with van der Waals surface area (Å²) in [5.41, 5.74) is 1.79. The molecule has 1 aliphatic heterocycles. The Hall–Kier alpha value is -2.41. The lowest BCUT2D eigenvalue weighted by Crippen LogP contribution is -2.51. The minimum Gasteiger partial charge on any atom is -0.383 e. The highest BCUT2D eigenvalue weighted by Crippen LogP contribution is 2.24. The second-order valence-electron chi connectivity index (χ2n) is 7.07. The number of nitrogens with zero attached hydrogens (tertiary/aromatic N) is 1. The molecule has 0 saturated heterocycles. The molecule has 0 bridgehead atoms. The van der Waals surface area contributed by atoms with Crippen LogP contribution in [0.3, 0.4) is 0 Å². The van der Waals surface area contributed by atoms with Crippen molar-refractivity contribution in [3.8, 4) is 0 Å². The summed E-state index contributed by atoms with van der Waals surface area (Å²) in [5, 5.41) is 15.0. The number of aliphatic hydroxyl groups excluding tert-OH is 1. The fraction of sp³-hybridized carbons (Fsp3) is 0.526. The van der Waals surface area contributed by atoms with Crippen molar-refractivity contribution < 1.29 is 19.5 Å². The topological polar surface area (TPSA) is 98.7 Å². The van der Waals surface area contributed by atoms with E-state index in [2.05, 4.69) is 10.6 Å². The van der Waals surface area contributed by atoms with Crippen LogP contribution in [-0.4, -0.2) is 53.5 Å². The largest absolute Gasteiger partial charge is 0.383 e. The molecule has 0 spiro atoms. The number of aliphatic hydroxyl groups is 1. The Morgan fingerprint density at radius 3 is 2.50 bits per heavy atom. The van der Waals surface area contributed by atoms with E-state index in [1.807, 2.05) is 24.3 Å². The van der Waals surface area contributed by atoms with Crippen LogP contribution in [0.2, 0.25) is 0 Å². The zero-order valence-corrected chi connectivity index (χ0v) is 15.7. The predicted molar refractivity (Wildman–Crippen MR) is 97.1 cm³/mol. The minimum absolute atomic E-state index is 0.191. The molecule has 1 aliphatic rings. The average Bonchev–Trinajstić information content (AvgIpc) is 2.73. The van der Waals surface area contributed by atoms with E-state index < -0.39 is 30.0 Å². The third kappa shape index (κ3) is 4.40. The maximum Gasteiger partial charge on any atom is 0.249 e. The third-order valence-corrected chi connectivity index (χ3v) is 4.64. The van der Waals surface area contributed by atoms with Crippen LogP contribution < -0.4 is 10.6 Å². The number of carbonyl (C=O) groups is 3. The Morgan fingerprint density at radius 2 is 1.85 bits per heavy atom. The second-order valence-corrected chi connectivity index (χ2v) is 7.07. The Kier molecular flexibility index (Phi) is 6.37. The zero-order valence-electron chi connectivity index (χ0n) is 15.7. The highest BCUT2D eigenvalue weighted by atomic mass is 16.3. The van der Waals surface area contributed by atoms with E-state index in [4.69, 9.17) is 0 Å². The second kappa shape index (κ2) is 8.31. The summed E-state index contributed by atoms with van der Waals surface area (Å²) in [6, 6.07) is 5.86. The molecule has 3 atom stereocenters. The molecule has 1 aromatic rings. The number of amides is 3. The fourth-order valence-corrected chi connectivity index (χ4v) is 2.87. The lowest BCUT2D eigenvalue weighted by Gasteiger charge is -2.24. The number of rotatable bonds is 5. The lowest BCUT2D eigenvalue weighted by atomic mass is 9.99. The molecule has 0 fully saturated rings. The Balaban J connectivity index is 2.13. The summed E-state index contributed by atoms with van der Waals surface area (Å²) in [6.07, 6.45) is -0.464. The molecular formula is C19H27N3O4. The van der Waals surface area contributed by atoms with Gasteiger partial charge in [0.25, 0.3) is 0 Å². The molecule has 0 saturated carbocycles. The van der Waals surface area contributed by atoms with Gasteiger partial charge in [-0.1, -0.05) is 38.1 Å². The molecule has 1 aromatic carbocycles. The van der Waals surface area contributed by atoms with Crippen LogP contribution in [0, 0.1) is 5.92 Å². The van der Waals surface area contributed by atoms with Crippen LogP contribution in [0.1, 0.15) is 37.9 Å². The van der Waals surface area contributed by atoms with Crippen molar-refractivity contribution in [1.82, 2.24) is 15.5 Å². The maximum atomic E-state index is 12.7. The van der Waals surface area contributed by atoms with E-state index in [-0.39, 0.29) is 11.8 Å². The monoisotopic (exact) mass is 361 g/mol. The Labute approximate surface area is 153 Å². The molecular weight excluding hydrogens is 334 g/mol. The van der Waals surface area contributed by atoms with Gasteiger partial charge in [-0.25, -0.2) is 0 Å². The number of carbonyl (C=O) groups excluding carboxylic acids is 3. The molecule has 7 nitrogen and oxygen atoms in total. The molecule has 0 radical (unpaired) electrons. The van der Waals surface area contributed by atoms with E-state index in [9.17, 15) is 19.5 Å². The SMILES string of the molecule is CC(C)C(O)C(=O)N[C@@H](C)C(=O)N[C@@H]1C(=O)N(C)CCc2ccccc21. The van der Waals surface area contributed by atoms with Crippen LogP contribution >= 0.6 is 0 Å². The van der Waals surface area contributed by atoms with Gasteiger partial charge in [0.2, 0.25) is 17.7 Å². The van der Waals surface area contributed by atoms with Gasteiger partial charge in [-0.3, -0.25) is 14.4 Å². The smallest absolute Gasteiger partial charge is 0.249 e. The van der Waals surface area contributed by atoms with Gasteiger partial charge in [0.05, 0.1) is 0 Å². The lowest BCUT2D eigenvalue weighted by molar-refractivity contribution is -0.137. The van der Waals surface area contributed by atoms with Gasteiger partial charge in [-0.2, -0.15) is 0 Å². The summed E-state index contributed by atoms with van der Waals surface area (Å²) < 4.78 is 0. The van der Waals surface area contributed by atoms with Crippen LogP contribution in [0.15, 0.2) is 24.3 Å². The predicted octanol–water partition coefficient (Wildman–Crippen LogP) is 0.380. The molecule has 2 rings (SSSR count). The first kappa shape index (κ1) is 19.9. The molecule has 0 aromatic heterocycles. The number of nitrogens with one attached hydrogen (secondary N) is 2. The molecule has 3 N–H and O–H groups in total. The number of hydrogen-bond acceptors (Lipinski definition) is 4. The standard InChI is InChI=1S/C19H27N3O4/c1-11(2)16(23)18(25)20-12(3)17(24)21-15-14-8-6-5-7-13(14)9-10-22(4)19(15)26/h5-8,11-12,15-16,23H,9-10H2,1-4H3,(H,20,25)(H,21,24)/t12-,15-,16?/m0/s1. The molecule has 3 amide bonds. The minimum atomic E-state index is -1.18. The first-order valence-electron chi connectivity index (χ1n) is 8.84. The van der Waals surface area contributed by atoms with E-state index in [0.29, 0.717) is 6.54 Å². The van der Waals surface area contributed by atoms with Gasteiger partial charge in [-0.15, -0.1) is 0 Å². The number of benzene rings is 1. The van der Waals surface area contributed by atoms with Gasteiger partial charge in [-0.05, 0) is 30.4 Å². The highest BCUT2D eigenvalue weighted by Gasteiger charge is 2.32. The van der Waals surface area contributed by atoms with Gasteiger partial charge in [0.1, 0.15) is 18.2 Å². The summed E-state index contributed by atoms with van der Waals surface area (Å²) in [5.74, 6) is -1.52. The first-order valence-corrected chi connectivity index (χ1v) is 8.84. The highest BCUT2D eigenvalue weighted by molar-refractivity contribution is 5.93. The van der Waals surface area contributed by atoms with Gasteiger partial charge < -0.3 is 20.6 Å². The van der Waals surface area contributed by atoms with Crippen LogP contribution in [0.25, 0.3) is 0 Å². The normalized spacial score (nSPS) is 19.4. The summed E-state index contributed by atoms with van der Waals surface area (Å²) in [6.45, 7) is 5.53. The van der Waals surface area contributed by atoms with Gasteiger partial charge >= 0.3 is 0 Å². The molecule has 0 aliphatic carbocycles. The van der Waals surface area contributed by atoms with E-state index in [0.717, 1.165) is 17.5 Å². The number of likely N-dealkylation sites (N-methyl/N-ethyl adjacent to an activating group) is 1. The van der Waals surface area contributed by atoms with Crippen molar-refractivity contribution in [3.63, 3.8) is 0 Å². The van der Waals surface area contributed by atoms with Crippen molar-refractivity contribution in [2.24, 2.45) is 5.92 Å². The molecule has 142 valence electrons. The summed E-state index contributed by atoms with van der Waals surface area (Å²) in [7, 11) is 1.71. The third-order valence-electron chi connectivity index (χ3n) is 4.64. The molecule has 26 heavy (non-hydrogen) atoms. The van der Waals surface area contributed by atoms with Crippen molar-refractivity contribution in [2.45, 2.75) is 45.4 Å². The zero-order chi connectivity index (χ0) is 19.4. The van der Waals surface area contributed by atoms with E-state index >= 15 is 0 Å².